The zero-order valence-electron chi connectivity index (χ0n) is 21.0. The molecule has 1 aliphatic rings. The van der Waals surface area contributed by atoms with Crippen molar-refractivity contribution in [2.75, 3.05) is 39.4 Å². The van der Waals surface area contributed by atoms with Gasteiger partial charge in [-0.05, 0) is 47.5 Å². The minimum absolute atomic E-state index is 0.00247. The van der Waals surface area contributed by atoms with Crippen molar-refractivity contribution in [3.05, 3.63) is 96.1 Å². The van der Waals surface area contributed by atoms with E-state index in [0.717, 1.165) is 0 Å². The Bertz CT molecular complexity index is 1200. The minimum atomic E-state index is -0.401. The number of piperazine rings is 1. The molecule has 3 rings (SSSR count). The molecule has 1 saturated heterocycles. The van der Waals surface area contributed by atoms with Crippen molar-refractivity contribution in [1.82, 2.24) is 9.80 Å². The highest BCUT2D eigenvalue weighted by Crippen LogP contribution is 2.18. The van der Waals surface area contributed by atoms with Crippen LogP contribution >= 0.6 is 0 Å². The van der Waals surface area contributed by atoms with Gasteiger partial charge < -0.3 is 19.3 Å². The second kappa shape index (κ2) is 13.9. The Balaban J connectivity index is 1.61. The van der Waals surface area contributed by atoms with Gasteiger partial charge in [-0.3, -0.25) is 9.59 Å². The molecule has 8 heteroatoms. The summed E-state index contributed by atoms with van der Waals surface area (Å²) in [7, 11) is 0. The van der Waals surface area contributed by atoms with Crippen molar-refractivity contribution in [3.8, 4) is 23.6 Å². The summed E-state index contributed by atoms with van der Waals surface area (Å²) in [6.45, 7) is 9.00. The van der Waals surface area contributed by atoms with Crippen LogP contribution in [0.4, 0.5) is 0 Å². The van der Waals surface area contributed by atoms with Gasteiger partial charge in [0.15, 0.2) is 0 Å². The van der Waals surface area contributed by atoms with E-state index < -0.39 is 11.8 Å². The Kier molecular flexibility index (Phi) is 10.0. The minimum Gasteiger partial charge on any atom is -0.490 e. The number of carbonyl (C=O) groups is 2. The smallest absolute Gasteiger partial charge is 0.264 e. The summed E-state index contributed by atoms with van der Waals surface area (Å²) in [5.74, 6) is 0.517. The lowest BCUT2D eigenvalue weighted by Crippen LogP contribution is -2.51. The average molecular weight is 509 g/mol. The Morgan fingerprint density at radius 2 is 1.05 bits per heavy atom. The standard InChI is InChI=1S/C30H28N4O4/c1-3-17-37-27-9-5-23(6-10-27)19-25(21-31)29(35)33-13-15-34(16-14-33)30(36)26(22-32)20-24-7-11-28(12-8-24)38-18-4-2/h3-12,19-20H,1-2,13-18H2/b25-19+,26-20+. The number of nitrogens with zero attached hydrogens (tertiary/aromatic N) is 4. The van der Waals surface area contributed by atoms with E-state index in [1.54, 1.807) is 60.7 Å². The summed E-state index contributed by atoms with van der Waals surface area (Å²) in [5, 5.41) is 19.2. The predicted octanol–water partition coefficient (Wildman–Crippen LogP) is 4.00. The third kappa shape index (κ3) is 7.46. The second-order valence-corrected chi connectivity index (χ2v) is 8.26. The Labute approximate surface area is 222 Å². The molecule has 0 bridgehead atoms. The summed E-state index contributed by atoms with van der Waals surface area (Å²) in [6.07, 6.45) is 6.35. The molecule has 38 heavy (non-hydrogen) atoms. The number of rotatable bonds is 10. The molecule has 0 atom stereocenters. The normalized spacial score (nSPS) is 13.6. The lowest BCUT2D eigenvalue weighted by molar-refractivity contribution is -0.134. The maximum Gasteiger partial charge on any atom is 0.264 e. The summed E-state index contributed by atoms with van der Waals surface area (Å²) >= 11 is 0. The molecule has 8 nitrogen and oxygen atoms in total. The van der Waals surface area contributed by atoms with Crippen molar-refractivity contribution in [3.63, 3.8) is 0 Å². The molecule has 2 aromatic rings. The number of benzene rings is 2. The van der Waals surface area contributed by atoms with Crippen molar-refractivity contribution in [1.29, 1.82) is 10.5 Å². The monoisotopic (exact) mass is 508 g/mol. The molecule has 2 aromatic carbocycles. The summed E-state index contributed by atoms with van der Waals surface area (Å²) < 4.78 is 10.9. The molecule has 192 valence electrons. The number of ether oxygens (including phenoxy) is 2. The maximum atomic E-state index is 13.0. The molecule has 0 aromatic heterocycles. The maximum absolute atomic E-state index is 13.0. The Morgan fingerprint density at radius 3 is 1.34 bits per heavy atom. The van der Waals surface area contributed by atoms with E-state index in [4.69, 9.17) is 9.47 Å². The highest BCUT2D eigenvalue weighted by atomic mass is 16.5. The molecule has 0 radical (unpaired) electrons. The Hall–Kier alpha value is -5.08. The van der Waals surface area contributed by atoms with Gasteiger partial charge in [-0.15, -0.1) is 0 Å². The highest BCUT2D eigenvalue weighted by Gasteiger charge is 2.27. The first-order chi connectivity index (χ1) is 18.5. The number of carbonyl (C=O) groups excluding carboxylic acids is 2. The quantitative estimate of drug-likeness (QED) is 0.273. The lowest BCUT2D eigenvalue weighted by atomic mass is 10.1. The van der Waals surface area contributed by atoms with Crippen LogP contribution in [0.15, 0.2) is 85.0 Å². The van der Waals surface area contributed by atoms with Gasteiger partial charge in [-0.1, -0.05) is 49.6 Å². The average Bonchev–Trinajstić information content (AvgIpc) is 2.97. The van der Waals surface area contributed by atoms with E-state index in [1.807, 2.05) is 12.1 Å². The zero-order chi connectivity index (χ0) is 27.3. The van der Waals surface area contributed by atoms with Crippen LogP contribution in [-0.2, 0) is 9.59 Å². The van der Waals surface area contributed by atoms with E-state index >= 15 is 0 Å². The largest absolute Gasteiger partial charge is 0.490 e. The van der Waals surface area contributed by atoms with E-state index in [1.165, 1.54) is 22.0 Å². The predicted molar refractivity (Wildman–Crippen MR) is 145 cm³/mol. The molecule has 1 heterocycles. The number of nitriles is 2. The fourth-order valence-electron chi connectivity index (χ4n) is 3.70. The van der Waals surface area contributed by atoms with E-state index in [0.29, 0.717) is 35.8 Å². The summed E-state index contributed by atoms with van der Waals surface area (Å²) in [5.41, 5.74) is 1.39. The molecule has 0 aliphatic carbocycles. The topological polar surface area (TPSA) is 107 Å². The molecule has 1 fully saturated rings. The van der Waals surface area contributed by atoms with Gasteiger partial charge in [0, 0.05) is 26.2 Å². The molecule has 0 saturated carbocycles. The van der Waals surface area contributed by atoms with Gasteiger partial charge in [0.2, 0.25) is 0 Å². The van der Waals surface area contributed by atoms with Crippen LogP contribution in [0.2, 0.25) is 0 Å². The van der Waals surface area contributed by atoms with Gasteiger partial charge in [0.25, 0.3) is 11.8 Å². The molecule has 2 amide bonds. The third-order valence-corrected chi connectivity index (χ3v) is 5.67. The first-order valence-electron chi connectivity index (χ1n) is 12.0. The molecule has 0 unspecified atom stereocenters. The first kappa shape index (κ1) is 27.5. The highest BCUT2D eigenvalue weighted by molar-refractivity contribution is 6.03. The number of hydrogen-bond donors (Lipinski definition) is 0. The zero-order valence-corrected chi connectivity index (χ0v) is 21.0. The van der Waals surface area contributed by atoms with Crippen LogP contribution in [-0.4, -0.2) is 61.0 Å². The van der Waals surface area contributed by atoms with E-state index in [9.17, 15) is 20.1 Å². The Morgan fingerprint density at radius 1 is 0.711 bits per heavy atom. The van der Waals surface area contributed by atoms with Gasteiger partial charge >= 0.3 is 0 Å². The van der Waals surface area contributed by atoms with Gasteiger partial charge in [0.05, 0.1) is 0 Å². The lowest BCUT2D eigenvalue weighted by Gasteiger charge is -2.34. The van der Waals surface area contributed by atoms with Crippen LogP contribution < -0.4 is 9.47 Å². The van der Waals surface area contributed by atoms with E-state index in [-0.39, 0.29) is 37.3 Å². The van der Waals surface area contributed by atoms with Crippen molar-refractivity contribution >= 4 is 24.0 Å². The van der Waals surface area contributed by atoms with Crippen LogP contribution in [0.5, 0.6) is 11.5 Å². The first-order valence-corrected chi connectivity index (χ1v) is 12.0. The van der Waals surface area contributed by atoms with Crippen molar-refractivity contribution in [2.24, 2.45) is 0 Å². The summed E-state index contributed by atoms with van der Waals surface area (Å²) in [4.78, 5) is 29.0. The van der Waals surface area contributed by atoms with Gasteiger partial charge in [0.1, 0.15) is 48.0 Å². The third-order valence-electron chi connectivity index (χ3n) is 5.67. The molecular weight excluding hydrogens is 480 g/mol. The summed E-state index contributed by atoms with van der Waals surface area (Å²) in [6, 6.07) is 18.0. The fourth-order valence-corrected chi connectivity index (χ4v) is 3.70. The molecule has 0 N–H and O–H groups in total. The second-order valence-electron chi connectivity index (χ2n) is 8.26. The van der Waals surface area contributed by atoms with Crippen molar-refractivity contribution < 1.29 is 19.1 Å². The molecule has 1 aliphatic heterocycles. The molecular formula is C30H28N4O4. The van der Waals surface area contributed by atoms with Crippen LogP contribution in [0, 0.1) is 22.7 Å². The number of amides is 2. The SMILES string of the molecule is C=CCOc1ccc(/C=C(\C#N)C(=O)N2CCN(C(=O)/C(C#N)=C/c3ccc(OCC=C)cc3)CC2)cc1. The fraction of sp³-hybridized carbons (Fsp3) is 0.200. The number of hydrogen-bond acceptors (Lipinski definition) is 6. The van der Waals surface area contributed by atoms with E-state index in [2.05, 4.69) is 13.2 Å². The van der Waals surface area contributed by atoms with Crippen LogP contribution in [0.1, 0.15) is 11.1 Å². The van der Waals surface area contributed by atoms with Crippen LogP contribution in [0.3, 0.4) is 0 Å². The van der Waals surface area contributed by atoms with Gasteiger partial charge in [-0.2, -0.15) is 10.5 Å². The van der Waals surface area contributed by atoms with Crippen molar-refractivity contribution in [2.45, 2.75) is 0 Å². The molecule has 0 spiro atoms. The van der Waals surface area contributed by atoms with Gasteiger partial charge in [-0.25, -0.2) is 0 Å². The van der Waals surface area contributed by atoms with Crippen LogP contribution in [0.25, 0.3) is 12.2 Å².